The first-order chi connectivity index (χ1) is 9.26. The molecule has 1 aliphatic heterocycles. The Hall–Kier alpha value is -1.36. The molecule has 2 N–H and O–H groups in total. The van der Waals surface area contributed by atoms with Gasteiger partial charge in [0.05, 0.1) is 6.54 Å². The number of nitrogens with zero attached hydrogens (tertiary/aromatic N) is 3. The second-order valence-electron chi connectivity index (χ2n) is 4.88. The van der Waals surface area contributed by atoms with Gasteiger partial charge in [-0.15, -0.1) is 0 Å². The van der Waals surface area contributed by atoms with E-state index in [1.54, 1.807) is 0 Å². The summed E-state index contributed by atoms with van der Waals surface area (Å²) in [6.45, 7) is 4.28. The zero-order valence-corrected chi connectivity index (χ0v) is 11.5. The lowest BCUT2D eigenvalue weighted by atomic mass is 10.1. The minimum atomic E-state index is 0.529. The Bertz CT molecular complexity index is 579. The molecule has 0 unspecified atom stereocenters. The molecular weight excluding hydrogens is 260 g/mol. The maximum absolute atomic E-state index is 6.30. The highest BCUT2D eigenvalue weighted by Crippen LogP contribution is 2.21. The first kappa shape index (κ1) is 12.7. The van der Waals surface area contributed by atoms with Crippen molar-refractivity contribution in [3.63, 3.8) is 0 Å². The summed E-state index contributed by atoms with van der Waals surface area (Å²) in [7, 11) is 0. The maximum Gasteiger partial charge on any atom is 0.122 e. The van der Waals surface area contributed by atoms with Crippen LogP contribution in [-0.2, 0) is 26.2 Å². The smallest absolute Gasteiger partial charge is 0.122 e. The van der Waals surface area contributed by atoms with Gasteiger partial charge in [0.15, 0.2) is 0 Å². The van der Waals surface area contributed by atoms with Crippen LogP contribution < -0.4 is 5.73 Å². The lowest BCUT2D eigenvalue weighted by Crippen LogP contribution is -2.33. The van der Waals surface area contributed by atoms with Crippen molar-refractivity contribution in [1.82, 2.24) is 14.5 Å². The number of hydrogen-bond donors (Lipinski definition) is 1. The number of fused-ring (bicyclic) bond motifs is 1. The van der Waals surface area contributed by atoms with E-state index < -0.39 is 0 Å². The van der Waals surface area contributed by atoms with Crippen molar-refractivity contribution in [1.29, 1.82) is 0 Å². The molecule has 100 valence electrons. The predicted octanol–water partition coefficient (Wildman–Crippen LogP) is 2.01. The van der Waals surface area contributed by atoms with Gasteiger partial charge >= 0.3 is 0 Å². The van der Waals surface area contributed by atoms with E-state index in [2.05, 4.69) is 20.5 Å². The number of imidazole rings is 1. The molecule has 0 saturated heterocycles. The molecular formula is C14H17ClN4. The molecule has 1 aromatic carbocycles. The largest absolute Gasteiger partial charge is 0.333 e. The summed E-state index contributed by atoms with van der Waals surface area (Å²) in [4.78, 5) is 6.74. The Morgan fingerprint density at radius 3 is 3.00 bits per heavy atom. The number of hydrogen-bond acceptors (Lipinski definition) is 3. The van der Waals surface area contributed by atoms with Gasteiger partial charge in [0.1, 0.15) is 5.82 Å². The van der Waals surface area contributed by atoms with Crippen molar-refractivity contribution in [2.45, 2.75) is 26.2 Å². The maximum atomic E-state index is 6.30. The summed E-state index contributed by atoms with van der Waals surface area (Å²) >= 11 is 6.30. The van der Waals surface area contributed by atoms with Crippen LogP contribution in [0.15, 0.2) is 30.6 Å². The van der Waals surface area contributed by atoms with Crippen molar-refractivity contribution in [2.24, 2.45) is 5.73 Å². The molecule has 0 radical (unpaired) electrons. The van der Waals surface area contributed by atoms with Crippen LogP contribution in [0.4, 0.5) is 0 Å². The highest BCUT2D eigenvalue weighted by Gasteiger charge is 2.17. The molecule has 5 heteroatoms. The Balaban J connectivity index is 1.73. The van der Waals surface area contributed by atoms with Crippen molar-refractivity contribution < 1.29 is 0 Å². The minimum Gasteiger partial charge on any atom is -0.333 e. The van der Waals surface area contributed by atoms with Crippen LogP contribution in [0.3, 0.4) is 0 Å². The molecule has 19 heavy (non-hydrogen) atoms. The van der Waals surface area contributed by atoms with Crippen molar-refractivity contribution in [3.05, 3.63) is 52.6 Å². The van der Waals surface area contributed by atoms with Gasteiger partial charge in [0.2, 0.25) is 0 Å². The first-order valence-corrected chi connectivity index (χ1v) is 6.84. The van der Waals surface area contributed by atoms with Crippen LogP contribution in [0.1, 0.15) is 17.0 Å². The molecule has 0 atom stereocenters. The predicted molar refractivity (Wildman–Crippen MR) is 75.7 cm³/mol. The van der Waals surface area contributed by atoms with Crippen molar-refractivity contribution >= 4 is 11.6 Å². The third kappa shape index (κ3) is 2.66. The second-order valence-corrected chi connectivity index (χ2v) is 5.28. The normalized spacial score (nSPS) is 15.5. The van der Waals surface area contributed by atoms with Gasteiger partial charge in [-0.2, -0.15) is 0 Å². The van der Waals surface area contributed by atoms with Gasteiger partial charge in [0, 0.05) is 43.6 Å². The summed E-state index contributed by atoms with van der Waals surface area (Å²) in [6, 6.07) is 6.08. The molecule has 0 spiro atoms. The molecule has 4 nitrogen and oxygen atoms in total. The van der Waals surface area contributed by atoms with Gasteiger partial charge in [-0.3, -0.25) is 4.90 Å². The van der Waals surface area contributed by atoms with E-state index in [0.29, 0.717) is 6.54 Å². The lowest BCUT2D eigenvalue weighted by molar-refractivity contribution is 0.209. The zero-order valence-electron chi connectivity index (χ0n) is 10.7. The summed E-state index contributed by atoms with van der Waals surface area (Å²) in [5.41, 5.74) is 7.84. The van der Waals surface area contributed by atoms with E-state index in [-0.39, 0.29) is 0 Å². The molecule has 2 heterocycles. The summed E-state index contributed by atoms with van der Waals surface area (Å²) in [5, 5.41) is 0.803. The topological polar surface area (TPSA) is 47.1 Å². The van der Waals surface area contributed by atoms with Gasteiger partial charge in [-0.05, 0) is 17.2 Å². The van der Waals surface area contributed by atoms with Crippen LogP contribution in [0.5, 0.6) is 0 Å². The SMILES string of the molecule is NCc1ccc(CN2CCn3ccnc3C2)c(Cl)c1. The van der Waals surface area contributed by atoms with E-state index >= 15 is 0 Å². The quantitative estimate of drug-likeness (QED) is 0.933. The fraction of sp³-hybridized carbons (Fsp3) is 0.357. The molecule has 0 amide bonds. The molecule has 3 rings (SSSR count). The summed E-state index contributed by atoms with van der Waals surface area (Å²) < 4.78 is 2.20. The van der Waals surface area contributed by atoms with Gasteiger partial charge in [-0.1, -0.05) is 23.7 Å². The Morgan fingerprint density at radius 1 is 1.32 bits per heavy atom. The van der Waals surface area contributed by atoms with Crippen LogP contribution in [0, 0.1) is 0 Å². The highest BCUT2D eigenvalue weighted by atomic mass is 35.5. The second kappa shape index (κ2) is 5.33. The van der Waals surface area contributed by atoms with E-state index in [4.69, 9.17) is 17.3 Å². The van der Waals surface area contributed by atoms with E-state index in [1.165, 1.54) is 0 Å². The molecule has 1 aromatic heterocycles. The number of halogens is 1. The number of rotatable bonds is 3. The Labute approximate surface area is 117 Å². The molecule has 0 fully saturated rings. The average Bonchev–Trinajstić information content (AvgIpc) is 2.88. The Kier molecular flexibility index (Phi) is 3.55. The highest BCUT2D eigenvalue weighted by molar-refractivity contribution is 6.31. The van der Waals surface area contributed by atoms with E-state index in [0.717, 1.165) is 48.2 Å². The number of aromatic nitrogens is 2. The van der Waals surface area contributed by atoms with Crippen LogP contribution >= 0.6 is 11.6 Å². The van der Waals surface area contributed by atoms with Gasteiger partial charge in [-0.25, -0.2) is 4.98 Å². The third-order valence-corrected chi connectivity index (χ3v) is 3.92. The summed E-state index contributed by atoms with van der Waals surface area (Å²) in [5.74, 6) is 1.13. The van der Waals surface area contributed by atoms with Crippen molar-refractivity contribution in [3.8, 4) is 0 Å². The van der Waals surface area contributed by atoms with Crippen LogP contribution in [0.2, 0.25) is 5.02 Å². The fourth-order valence-corrected chi connectivity index (χ4v) is 2.71. The Morgan fingerprint density at radius 2 is 2.21 bits per heavy atom. The third-order valence-electron chi connectivity index (χ3n) is 3.57. The number of nitrogens with two attached hydrogens (primary N) is 1. The molecule has 1 aliphatic rings. The van der Waals surface area contributed by atoms with Gasteiger partial charge in [0.25, 0.3) is 0 Å². The molecule has 0 bridgehead atoms. The van der Waals surface area contributed by atoms with E-state index in [9.17, 15) is 0 Å². The molecule has 0 aliphatic carbocycles. The zero-order chi connectivity index (χ0) is 13.2. The van der Waals surface area contributed by atoms with Gasteiger partial charge < -0.3 is 10.3 Å². The molecule has 0 saturated carbocycles. The standard InChI is InChI=1S/C14H17ClN4/c15-13-7-11(8-16)1-2-12(13)9-18-5-6-19-4-3-17-14(19)10-18/h1-4,7H,5-6,8-10,16H2. The summed E-state index contributed by atoms with van der Waals surface area (Å²) in [6.07, 6.45) is 3.90. The van der Waals surface area contributed by atoms with Crippen LogP contribution in [-0.4, -0.2) is 21.0 Å². The van der Waals surface area contributed by atoms with E-state index in [1.807, 2.05) is 24.5 Å². The van der Waals surface area contributed by atoms with Crippen molar-refractivity contribution in [2.75, 3.05) is 6.54 Å². The lowest BCUT2D eigenvalue weighted by Gasteiger charge is -2.27. The first-order valence-electron chi connectivity index (χ1n) is 6.46. The molecule has 2 aromatic rings. The van der Waals surface area contributed by atoms with Crippen LogP contribution in [0.25, 0.3) is 0 Å². The fourth-order valence-electron chi connectivity index (χ4n) is 2.45. The number of benzene rings is 1. The minimum absolute atomic E-state index is 0.529. The monoisotopic (exact) mass is 276 g/mol. The average molecular weight is 277 g/mol.